The summed E-state index contributed by atoms with van der Waals surface area (Å²) in [6.45, 7) is -0.485. The summed E-state index contributed by atoms with van der Waals surface area (Å²) in [4.78, 5) is 25.8. The number of hydrogen-bond acceptors (Lipinski definition) is 5. The SMILES string of the molecule is O=C(/C=C/c1c(F)cccc1Cl)OCC(=O)N(C1CC1)[C@@H]1CCS(=O)(=O)C1. The second-order valence-electron chi connectivity index (χ2n) is 6.67. The highest BCUT2D eigenvalue weighted by molar-refractivity contribution is 7.91. The van der Waals surface area contributed by atoms with Crippen LogP contribution in [0.5, 0.6) is 0 Å². The number of carbonyl (C=O) groups is 2. The van der Waals surface area contributed by atoms with Crippen molar-refractivity contribution in [3.63, 3.8) is 0 Å². The van der Waals surface area contributed by atoms with Gasteiger partial charge >= 0.3 is 5.97 Å². The van der Waals surface area contributed by atoms with E-state index in [2.05, 4.69) is 0 Å². The van der Waals surface area contributed by atoms with Crippen LogP contribution in [-0.4, -0.2) is 55.4 Å². The number of sulfone groups is 1. The van der Waals surface area contributed by atoms with E-state index in [4.69, 9.17) is 16.3 Å². The molecule has 0 bridgehead atoms. The first kappa shape index (κ1) is 19.8. The minimum absolute atomic E-state index is 0.0160. The number of benzene rings is 1. The van der Waals surface area contributed by atoms with E-state index in [9.17, 15) is 22.4 Å². The number of halogens is 2. The van der Waals surface area contributed by atoms with Crippen LogP contribution in [0, 0.1) is 5.82 Å². The molecule has 1 saturated carbocycles. The van der Waals surface area contributed by atoms with Gasteiger partial charge in [-0.3, -0.25) is 4.79 Å². The van der Waals surface area contributed by atoms with Crippen LogP contribution in [0.15, 0.2) is 24.3 Å². The van der Waals surface area contributed by atoms with Crippen molar-refractivity contribution < 1.29 is 27.1 Å². The van der Waals surface area contributed by atoms with Gasteiger partial charge < -0.3 is 9.64 Å². The fourth-order valence-electron chi connectivity index (χ4n) is 3.13. The third kappa shape index (κ3) is 5.07. The monoisotopic (exact) mass is 415 g/mol. The van der Waals surface area contributed by atoms with E-state index in [1.165, 1.54) is 24.3 Å². The van der Waals surface area contributed by atoms with Crippen molar-refractivity contribution in [3.8, 4) is 0 Å². The predicted octanol–water partition coefficient (Wildman–Crippen LogP) is 2.21. The molecule has 6 nitrogen and oxygen atoms in total. The summed E-state index contributed by atoms with van der Waals surface area (Å²) >= 11 is 5.87. The van der Waals surface area contributed by atoms with Gasteiger partial charge in [0.05, 0.1) is 16.5 Å². The molecule has 2 aliphatic rings. The first-order valence-electron chi connectivity index (χ1n) is 8.57. The fourth-order valence-corrected chi connectivity index (χ4v) is 5.07. The van der Waals surface area contributed by atoms with Crippen LogP contribution in [0.3, 0.4) is 0 Å². The van der Waals surface area contributed by atoms with Crippen LogP contribution >= 0.6 is 11.6 Å². The molecule has 3 rings (SSSR count). The summed E-state index contributed by atoms with van der Waals surface area (Å²) in [5.41, 5.74) is 0.0539. The third-order valence-corrected chi connectivity index (χ3v) is 6.63. The molecule has 146 valence electrons. The van der Waals surface area contributed by atoms with Crippen molar-refractivity contribution in [2.45, 2.75) is 31.3 Å². The largest absolute Gasteiger partial charge is 0.452 e. The topological polar surface area (TPSA) is 80.8 Å². The summed E-state index contributed by atoms with van der Waals surface area (Å²) in [6, 6.07) is 3.80. The molecule has 0 N–H and O–H groups in total. The van der Waals surface area contributed by atoms with Gasteiger partial charge in [0.15, 0.2) is 16.4 Å². The van der Waals surface area contributed by atoms with Crippen molar-refractivity contribution in [3.05, 3.63) is 40.7 Å². The molecule has 1 aliphatic heterocycles. The highest BCUT2D eigenvalue weighted by atomic mass is 35.5. The number of carbonyl (C=O) groups excluding carboxylic acids is 2. The zero-order valence-corrected chi connectivity index (χ0v) is 16.0. The molecule has 0 unspecified atom stereocenters. The quantitative estimate of drug-likeness (QED) is 0.525. The van der Waals surface area contributed by atoms with E-state index in [1.54, 1.807) is 4.90 Å². The molecule has 1 aromatic rings. The summed E-state index contributed by atoms with van der Waals surface area (Å²) < 4.78 is 42.0. The van der Waals surface area contributed by atoms with Gasteiger partial charge in [-0.05, 0) is 37.5 Å². The Morgan fingerprint density at radius 3 is 2.59 bits per heavy atom. The predicted molar refractivity (Wildman–Crippen MR) is 98.3 cm³/mol. The Morgan fingerprint density at radius 2 is 2.00 bits per heavy atom. The number of hydrogen-bond donors (Lipinski definition) is 0. The van der Waals surface area contributed by atoms with Gasteiger partial charge in [-0.2, -0.15) is 0 Å². The zero-order valence-electron chi connectivity index (χ0n) is 14.4. The lowest BCUT2D eigenvalue weighted by Gasteiger charge is -2.28. The molecule has 1 aliphatic carbocycles. The molecule has 1 amide bonds. The Kier molecular flexibility index (Phi) is 5.86. The smallest absolute Gasteiger partial charge is 0.331 e. The van der Waals surface area contributed by atoms with Gasteiger partial charge in [0, 0.05) is 23.7 Å². The summed E-state index contributed by atoms with van der Waals surface area (Å²) in [6.07, 6.45) is 4.24. The second-order valence-corrected chi connectivity index (χ2v) is 9.30. The van der Waals surface area contributed by atoms with E-state index in [1.807, 2.05) is 0 Å². The highest BCUT2D eigenvalue weighted by Crippen LogP contribution is 2.32. The van der Waals surface area contributed by atoms with Crippen molar-refractivity contribution in [2.24, 2.45) is 0 Å². The van der Waals surface area contributed by atoms with Gasteiger partial charge in [-0.15, -0.1) is 0 Å². The minimum atomic E-state index is -3.12. The number of nitrogens with zero attached hydrogens (tertiary/aromatic N) is 1. The Labute approximate surface area is 161 Å². The Balaban J connectivity index is 1.57. The molecular formula is C18H19ClFNO5S. The van der Waals surface area contributed by atoms with Crippen LogP contribution < -0.4 is 0 Å². The maximum Gasteiger partial charge on any atom is 0.331 e. The number of ether oxygens (including phenoxy) is 1. The average Bonchev–Trinajstić information content (AvgIpc) is 3.36. The Bertz CT molecular complexity index is 861. The van der Waals surface area contributed by atoms with Gasteiger partial charge in [-0.25, -0.2) is 17.6 Å². The first-order chi connectivity index (χ1) is 12.8. The molecule has 9 heteroatoms. The molecular weight excluding hydrogens is 397 g/mol. The maximum absolute atomic E-state index is 13.7. The molecule has 0 spiro atoms. The van der Waals surface area contributed by atoms with Gasteiger partial charge in [0.2, 0.25) is 0 Å². The third-order valence-electron chi connectivity index (χ3n) is 4.55. The van der Waals surface area contributed by atoms with Gasteiger partial charge in [0.25, 0.3) is 5.91 Å². The lowest BCUT2D eigenvalue weighted by atomic mass is 10.2. The van der Waals surface area contributed by atoms with Crippen molar-refractivity contribution in [1.82, 2.24) is 4.90 Å². The molecule has 1 aromatic carbocycles. The number of amides is 1. The molecule has 1 atom stereocenters. The minimum Gasteiger partial charge on any atom is -0.452 e. The number of esters is 1. The standard InChI is InChI=1S/C18H19ClFNO5S/c19-15-2-1-3-16(20)14(15)6-7-18(23)26-10-17(22)21(12-4-5-12)13-8-9-27(24,25)11-13/h1-3,6-7,12-13H,4-5,8-11H2/b7-6+/t13-/m1/s1. The van der Waals surface area contributed by atoms with E-state index in [0.29, 0.717) is 6.42 Å². The first-order valence-corrected chi connectivity index (χ1v) is 10.8. The van der Waals surface area contributed by atoms with Crippen LogP contribution in [0.2, 0.25) is 5.02 Å². The second kappa shape index (κ2) is 7.98. The summed E-state index contributed by atoms with van der Waals surface area (Å²) in [7, 11) is -3.12. The average molecular weight is 416 g/mol. The van der Waals surface area contributed by atoms with Crippen molar-refractivity contribution >= 4 is 39.4 Å². The fraction of sp³-hybridized carbons (Fsp3) is 0.444. The van der Waals surface area contributed by atoms with E-state index in [-0.39, 0.29) is 34.2 Å². The van der Waals surface area contributed by atoms with Gasteiger partial charge in [0.1, 0.15) is 5.82 Å². The molecule has 0 radical (unpaired) electrons. The van der Waals surface area contributed by atoms with Crippen LogP contribution in [-0.2, 0) is 24.2 Å². The van der Waals surface area contributed by atoms with E-state index >= 15 is 0 Å². The van der Waals surface area contributed by atoms with Gasteiger partial charge in [-0.1, -0.05) is 17.7 Å². The normalized spacial score (nSPS) is 21.3. The lowest BCUT2D eigenvalue weighted by molar-refractivity contribution is -0.149. The van der Waals surface area contributed by atoms with Crippen LogP contribution in [0.25, 0.3) is 6.08 Å². The van der Waals surface area contributed by atoms with E-state index in [0.717, 1.165) is 18.9 Å². The van der Waals surface area contributed by atoms with Crippen molar-refractivity contribution in [1.29, 1.82) is 0 Å². The molecule has 1 saturated heterocycles. The van der Waals surface area contributed by atoms with Crippen LogP contribution in [0.4, 0.5) is 4.39 Å². The highest BCUT2D eigenvalue weighted by Gasteiger charge is 2.42. The van der Waals surface area contributed by atoms with E-state index < -0.39 is 34.1 Å². The maximum atomic E-state index is 13.7. The number of rotatable bonds is 6. The Morgan fingerprint density at radius 1 is 1.26 bits per heavy atom. The Hall–Kier alpha value is -1.93. The molecule has 0 aromatic heterocycles. The van der Waals surface area contributed by atoms with Crippen molar-refractivity contribution in [2.75, 3.05) is 18.1 Å². The molecule has 2 fully saturated rings. The molecule has 1 heterocycles. The lowest BCUT2D eigenvalue weighted by Crippen LogP contribution is -2.44. The summed E-state index contributed by atoms with van der Waals surface area (Å²) in [5.74, 6) is -1.78. The zero-order chi connectivity index (χ0) is 19.6. The summed E-state index contributed by atoms with van der Waals surface area (Å²) in [5, 5.41) is 0.150. The van der Waals surface area contributed by atoms with Crippen LogP contribution in [0.1, 0.15) is 24.8 Å². The molecule has 27 heavy (non-hydrogen) atoms.